The van der Waals surface area contributed by atoms with Crippen LogP contribution in [0.2, 0.25) is 0 Å². The average Bonchev–Trinajstić information content (AvgIpc) is 2.27. The van der Waals surface area contributed by atoms with Gasteiger partial charge in [0, 0.05) is 12.1 Å². The van der Waals surface area contributed by atoms with Crippen LogP contribution in [-0.2, 0) is 0 Å². The Balaban J connectivity index is 2.54. The highest BCUT2D eigenvalue weighted by Crippen LogP contribution is 2.16. The second-order valence-electron chi connectivity index (χ2n) is 3.45. The molecule has 1 atom stereocenters. The molecule has 1 aromatic carbocycles. The molecule has 0 aliphatic carbocycles. The maximum atomic E-state index is 10.4. The van der Waals surface area contributed by atoms with E-state index in [4.69, 9.17) is 5.73 Å². The number of nitrogens with zero attached hydrogens (tertiary/aromatic N) is 1. The Hall–Kier alpha value is -1.88. The minimum Gasteiger partial charge on any atom is -0.388 e. The van der Waals surface area contributed by atoms with Gasteiger partial charge in [-0.05, 0) is 12.5 Å². The number of carbonyl (C=O) groups is 1. The van der Waals surface area contributed by atoms with Crippen molar-refractivity contribution in [1.82, 2.24) is 5.43 Å². The van der Waals surface area contributed by atoms with Gasteiger partial charge in [-0.25, -0.2) is 10.2 Å². The summed E-state index contributed by atoms with van der Waals surface area (Å²) in [6.45, 7) is 1.71. The van der Waals surface area contributed by atoms with E-state index in [1.54, 1.807) is 6.92 Å². The number of benzene rings is 1. The molecule has 0 spiro atoms. The summed E-state index contributed by atoms with van der Waals surface area (Å²) in [7, 11) is 0. The van der Waals surface area contributed by atoms with E-state index in [1.165, 1.54) is 0 Å². The maximum Gasteiger partial charge on any atom is 0.332 e. The number of rotatable bonds is 4. The summed E-state index contributed by atoms with van der Waals surface area (Å²) in [4.78, 5) is 10.4. The molecule has 0 aromatic heterocycles. The predicted octanol–water partition coefficient (Wildman–Crippen LogP) is 1.15. The van der Waals surface area contributed by atoms with Crippen molar-refractivity contribution in [3.63, 3.8) is 0 Å². The fraction of sp³-hybridized carbons (Fsp3) is 0.273. The molecule has 2 amide bonds. The van der Waals surface area contributed by atoms with Crippen molar-refractivity contribution < 1.29 is 9.90 Å². The summed E-state index contributed by atoms with van der Waals surface area (Å²) in [6, 6.07) is 8.54. The third kappa shape index (κ3) is 4.10. The molecule has 5 nitrogen and oxygen atoms in total. The molecule has 1 unspecified atom stereocenters. The van der Waals surface area contributed by atoms with Gasteiger partial charge in [0.25, 0.3) is 0 Å². The van der Waals surface area contributed by atoms with E-state index < -0.39 is 12.1 Å². The normalized spacial score (nSPS) is 13.2. The van der Waals surface area contributed by atoms with Gasteiger partial charge in [-0.3, -0.25) is 0 Å². The Bertz CT molecular complexity index is 376. The highest BCUT2D eigenvalue weighted by Gasteiger charge is 2.08. The number of carbonyl (C=O) groups excluding carboxylic acids is 1. The molecule has 0 saturated heterocycles. The summed E-state index contributed by atoms with van der Waals surface area (Å²) in [5, 5.41) is 13.6. The quantitative estimate of drug-likeness (QED) is 0.526. The first-order valence-corrected chi connectivity index (χ1v) is 4.91. The molecule has 1 aromatic rings. The van der Waals surface area contributed by atoms with Crippen molar-refractivity contribution in [1.29, 1.82) is 0 Å². The molecule has 0 bridgehead atoms. The van der Waals surface area contributed by atoms with Crippen molar-refractivity contribution in [3.05, 3.63) is 35.9 Å². The number of hydrazone groups is 1. The molecular formula is C11H15N3O2. The molecule has 0 heterocycles. The number of amides is 2. The number of hydrogen-bond acceptors (Lipinski definition) is 3. The lowest BCUT2D eigenvalue weighted by Crippen LogP contribution is -2.25. The Morgan fingerprint density at radius 2 is 2.12 bits per heavy atom. The smallest absolute Gasteiger partial charge is 0.332 e. The largest absolute Gasteiger partial charge is 0.388 e. The standard InChI is InChI=1S/C11H15N3O2/c1-8(13-14-11(12)16)7-10(15)9-5-3-2-4-6-9/h2-6,10,15H,7H2,1H3,(H3,12,14,16). The van der Waals surface area contributed by atoms with Crippen molar-refractivity contribution in [2.24, 2.45) is 10.8 Å². The topological polar surface area (TPSA) is 87.7 Å². The Labute approximate surface area is 94.0 Å². The minimum atomic E-state index is -0.714. The van der Waals surface area contributed by atoms with Crippen LogP contribution in [0.1, 0.15) is 25.0 Å². The number of aliphatic hydroxyl groups excluding tert-OH is 1. The first-order valence-electron chi connectivity index (χ1n) is 4.91. The molecule has 1 rings (SSSR count). The van der Waals surface area contributed by atoms with E-state index in [1.807, 2.05) is 30.3 Å². The zero-order valence-corrected chi connectivity index (χ0v) is 9.05. The summed E-state index contributed by atoms with van der Waals surface area (Å²) < 4.78 is 0. The van der Waals surface area contributed by atoms with Crippen molar-refractivity contribution in [3.8, 4) is 0 Å². The fourth-order valence-corrected chi connectivity index (χ4v) is 1.27. The Kier molecular flexibility index (Phi) is 4.47. The van der Waals surface area contributed by atoms with E-state index in [9.17, 15) is 9.90 Å². The molecule has 0 saturated carbocycles. The van der Waals surface area contributed by atoms with Crippen LogP contribution in [0.5, 0.6) is 0 Å². The Morgan fingerprint density at radius 1 is 1.50 bits per heavy atom. The zero-order chi connectivity index (χ0) is 12.0. The number of nitrogens with two attached hydrogens (primary N) is 1. The highest BCUT2D eigenvalue weighted by atomic mass is 16.3. The Morgan fingerprint density at radius 3 is 2.69 bits per heavy atom. The number of aliphatic hydroxyl groups is 1. The molecule has 0 fully saturated rings. The molecule has 5 heteroatoms. The maximum absolute atomic E-state index is 10.4. The summed E-state index contributed by atoms with van der Waals surface area (Å²) in [6.07, 6.45) is -0.274. The number of hydrogen-bond donors (Lipinski definition) is 3. The molecule has 16 heavy (non-hydrogen) atoms. The van der Waals surface area contributed by atoms with Gasteiger partial charge in [-0.1, -0.05) is 30.3 Å². The molecule has 4 N–H and O–H groups in total. The van der Waals surface area contributed by atoms with Gasteiger partial charge in [-0.15, -0.1) is 0 Å². The summed E-state index contributed by atoms with van der Waals surface area (Å²) >= 11 is 0. The van der Waals surface area contributed by atoms with Crippen LogP contribution in [0.25, 0.3) is 0 Å². The van der Waals surface area contributed by atoms with Gasteiger partial charge in [0.15, 0.2) is 0 Å². The lowest BCUT2D eigenvalue weighted by molar-refractivity contribution is 0.186. The van der Waals surface area contributed by atoms with Gasteiger partial charge >= 0.3 is 6.03 Å². The van der Waals surface area contributed by atoms with Crippen LogP contribution in [0.4, 0.5) is 4.79 Å². The zero-order valence-electron chi connectivity index (χ0n) is 9.05. The van der Waals surface area contributed by atoms with Crippen LogP contribution in [0.15, 0.2) is 35.4 Å². The van der Waals surface area contributed by atoms with Gasteiger partial charge < -0.3 is 10.8 Å². The predicted molar refractivity (Wildman–Crippen MR) is 61.8 cm³/mol. The van der Waals surface area contributed by atoms with Crippen molar-refractivity contribution in [2.45, 2.75) is 19.4 Å². The number of primary amides is 1. The average molecular weight is 221 g/mol. The SMILES string of the molecule is CC(CC(O)c1ccccc1)=NNC(N)=O. The van der Waals surface area contributed by atoms with Gasteiger partial charge in [0.05, 0.1) is 6.10 Å². The molecule has 0 aliphatic heterocycles. The molecule has 86 valence electrons. The van der Waals surface area contributed by atoms with Crippen LogP contribution >= 0.6 is 0 Å². The molecule has 0 aliphatic rings. The second-order valence-corrected chi connectivity index (χ2v) is 3.45. The second kappa shape index (κ2) is 5.87. The van der Waals surface area contributed by atoms with Crippen LogP contribution in [0.3, 0.4) is 0 Å². The van der Waals surface area contributed by atoms with Crippen LogP contribution in [0, 0.1) is 0 Å². The van der Waals surface area contributed by atoms with Crippen molar-refractivity contribution in [2.75, 3.05) is 0 Å². The van der Waals surface area contributed by atoms with Crippen molar-refractivity contribution >= 4 is 11.7 Å². The van der Waals surface area contributed by atoms with E-state index in [-0.39, 0.29) is 0 Å². The lowest BCUT2D eigenvalue weighted by atomic mass is 10.0. The highest BCUT2D eigenvalue weighted by molar-refractivity contribution is 5.84. The van der Waals surface area contributed by atoms with E-state index in [0.717, 1.165) is 5.56 Å². The first-order chi connectivity index (χ1) is 7.59. The fourth-order valence-electron chi connectivity index (χ4n) is 1.27. The third-order valence-electron chi connectivity index (χ3n) is 2.03. The van der Waals surface area contributed by atoms with Gasteiger partial charge in [0.2, 0.25) is 0 Å². The van der Waals surface area contributed by atoms with E-state index in [2.05, 4.69) is 10.5 Å². The third-order valence-corrected chi connectivity index (χ3v) is 2.03. The number of urea groups is 1. The number of nitrogens with one attached hydrogen (secondary N) is 1. The van der Waals surface area contributed by atoms with Gasteiger partial charge in [0.1, 0.15) is 0 Å². The van der Waals surface area contributed by atoms with Gasteiger partial charge in [-0.2, -0.15) is 5.10 Å². The van der Waals surface area contributed by atoms with Crippen LogP contribution < -0.4 is 11.2 Å². The minimum absolute atomic E-state index is 0.351. The van der Waals surface area contributed by atoms with Crippen LogP contribution in [-0.4, -0.2) is 16.8 Å². The molecule has 0 radical (unpaired) electrons. The first kappa shape index (κ1) is 12.2. The monoisotopic (exact) mass is 221 g/mol. The summed E-state index contributed by atoms with van der Waals surface area (Å²) in [5.74, 6) is 0. The van der Waals surface area contributed by atoms with E-state index in [0.29, 0.717) is 12.1 Å². The summed E-state index contributed by atoms with van der Waals surface area (Å²) in [5.41, 5.74) is 8.40. The van der Waals surface area contributed by atoms with E-state index >= 15 is 0 Å². The molecular weight excluding hydrogens is 206 g/mol. The lowest BCUT2D eigenvalue weighted by Gasteiger charge is -2.10.